The summed E-state index contributed by atoms with van der Waals surface area (Å²) in [6.07, 6.45) is 6.73. The van der Waals surface area contributed by atoms with Crippen LogP contribution in [0.4, 0.5) is 0 Å². The van der Waals surface area contributed by atoms with Gasteiger partial charge in [0, 0.05) is 19.4 Å². The number of carbonyl (C=O) groups excluding carboxylic acids is 1. The Balaban J connectivity index is 2.38. The van der Waals surface area contributed by atoms with E-state index in [0.29, 0.717) is 11.4 Å². The van der Waals surface area contributed by atoms with Crippen molar-refractivity contribution in [3.05, 3.63) is 30.5 Å². The quantitative estimate of drug-likeness (QED) is 0.658. The molecule has 5 nitrogen and oxygen atoms in total. The SMILES string of the molecule is CC(=O)c1cnn(-c2cn(C)cn2)c1. The summed E-state index contributed by atoms with van der Waals surface area (Å²) in [5.74, 6) is 0.715. The molecule has 0 unspecified atom stereocenters. The smallest absolute Gasteiger partial charge is 0.171 e. The van der Waals surface area contributed by atoms with Crippen LogP contribution >= 0.6 is 0 Å². The molecule has 0 fully saturated rings. The Morgan fingerprint density at radius 1 is 1.43 bits per heavy atom. The predicted molar refractivity (Wildman–Crippen MR) is 50.3 cm³/mol. The Kier molecular flexibility index (Phi) is 1.92. The van der Waals surface area contributed by atoms with Crippen LogP contribution in [-0.2, 0) is 7.05 Å². The average Bonchev–Trinajstić information content (AvgIpc) is 2.70. The second-order valence-electron chi connectivity index (χ2n) is 3.13. The topological polar surface area (TPSA) is 52.7 Å². The summed E-state index contributed by atoms with van der Waals surface area (Å²) >= 11 is 0. The molecule has 72 valence electrons. The lowest BCUT2D eigenvalue weighted by Crippen LogP contribution is -1.94. The maximum Gasteiger partial charge on any atom is 0.171 e. The van der Waals surface area contributed by atoms with Crippen molar-refractivity contribution in [2.45, 2.75) is 6.92 Å². The molecule has 2 rings (SSSR count). The maximum atomic E-state index is 11.0. The Morgan fingerprint density at radius 3 is 2.71 bits per heavy atom. The van der Waals surface area contributed by atoms with Crippen LogP contribution < -0.4 is 0 Å². The van der Waals surface area contributed by atoms with E-state index in [-0.39, 0.29) is 5.78 Å². The molecular weight excluding hydrogens is 180 g/mol. The van der Waals surface area contributed by atoms with Crippen LogP contribution in [0.2, 0.25) is 0 Å². The molecule has 2 aromatic rings. The number of Topliss-reactive ketones (excluding diaryl/α,β-unsaturated/α-hetero) is 1. The number of nitrogens with zero attached hydrogens (tertiary/aromatic N) is 4. The van der Waals surface area contributed by atoms with Gasteiger partial charge in [-0.3, -0.25) is 4.79 Å². The first kappa shape index (κ1) is 8.68. The largest absolute Gasteiger partial charge is 0.338 e. The van der Waals surface area contributed by atoms with E-state index in [4.69, 9.17) is 0 Å². The summed E-state index contributed by atoms with van der Waals surface area (Å²) in [5, 5.41) is 4.04. The second-order valence-corrected chi connectivity index (χ2v) is 3.13. The molecule has 5 heteroatoms. The first-order chi connectivity index (χ1) is 6.66. The maximum absolute atomic E-state index is 11.0. The number of aryl methyl sites for hydroxylation is 1. The molecule has 0 aliphatic rings. The molecule has 0 saturated heterocycles. The zero-order valence-electron chi connectivity index (χ0n) is 8.01. The van der Waals surface area contributed by atoms with E-state index < -0.39 is 0 Å². The number of hydrogen-bond donors (Lipinski definition) is 0. The molecule has 2 heterocycles. The van der Waals surface area contributed by atoms with Gasteiger partial charge >= 0.3 is 0 Å². The van der Waals surface area contributed by atoms with E-state index in [0.717, 1.165) is 0 Å². The summed E-state index contributed by atoms with van der Waals surface area (Å²) in [4.78, 5) is 15.1. The monoisotopic (exact) mass is 190 g/mol. The van der Waals surface area contributed by atoms with Gasteiger partial charge in [0.25, 0.3) is 0 Å². The Bertz CT molecular complexity index is 469. The second kappa shape index (κ2) is 3.10. The van der Waals surface area contributed by atoms with E-state index in [9.17, 15) is 4.79 Å². The van der Waals surface area contributed by atoms with Crippen molar-refractivity contribution < 1.29 is 4.79 Å². The molecule has 0 spiro atoms. The van der Waals surface area contributed by atoms with Gasteiger partial charge in [-0.25, -0.2) is 9.67 Å². The third-order valence-corrected chi connectivity index (χ3v) is 1.92. The normalized spacial score (nSPS) is 10.4. The first-order valence-electron chi connectivity index (χ1n) is 4.21. The molecule has 14 heavy (non-hydrogen) atoms. The van der Waals surface area contributed by atoms with Crippen molar-refractivity contribution >= 4 is 5.78 Å². The zero-order valence-corrected chi connectivity index (χ0v) is 8.01. The molecule has 0 saturated carbocycles. The van der Waals surface area contributed by atoms with Crippen molar-refractivity contribution in [2.75, 3.05) is 0 Å². The summed E-state index contributed by atoms with van der Waals surface area (Å²) in [5.41, 5.74) is 0.593. The number of aromatic nitrogens is 4. The summed E-state index contributed by atoms with van der Waals surface area (Å²) < 4.78 is 3.40. The standard InChI is InChI=1S/C9H10N4O/c1-7(14)8-3-11-13(4-8)9-5-12(2)6-10-9/h3-6H,1-2H3. The van der Waals surface area contributed by atoms with Gasteiger partial charge in [-0.15, -0.1) is 0 Å². The Hall–Kier alpha value is -1.91. The summed E-state index contributed by atoms with van der Waals surface area (Å²) in [6.45, 7) is 1.51. The van der Waals surface area contributed by atoms with Crippen LogP contribution in [-0.4, -0.2) is 25.1 Å². The van der Waals surface area contributed by atoms with Gasteiger partial charge < -0.3 is 4.57 Å². The lowest BCUT2D eigenvalue weighted by molar-refractivity contribution is 0.101. The van der Waals surface area contributed by atoms with Gasteiger partial charge in [-0.05, 0) is 6.92 Å². The highest BCUT2D eigenvalue weighted by molar-refractivity contribution is 5.93. The van der Waals surface area contributed by atoms with Crippen molar-refractivity contribution in [1.29, 1.82) is 0 Å². The lowest BCUT2D eigenvalue weighted by atomic mass is 10.3. The molecule has 0 radical (unpaired) electrons. The van der Waals surface area contributed by atoms with Crippen molar-refractivity contribution in [1.82, 2.24) is 19.3 Å². The van der Waals surface area contributed by atoms with Crippen molar-refractivity contribution in [3.8, 4) is 5.82 Å². The Labute approximate surface area is 81.0 Å². The van der Waals surface area contributed by atoms with Gasteiger partial charge in [0.15, 0.2) is 11.6 Å². The van der Waals surface area contributed by atoms with Crippen LogP contribution in [0, 0.1) is 0 Å². The molecule has 0 aromatic carbocycles. The number of hydrogen-bond acceptors (Lipinski definition) is 3. The molecule has 0 amide bonds. The highest BCUT2D eigenvalue weighted by atomic mass is 16.1. The minimum Gasteiger partial charge on any atom is -0.338 e. The molecule has 0 aliphatic carbocycles. The van der Waals surface area contributed by atoms with E-state index in [1.807, 2.05) is 17.8 Å². The lowest BCUT2D eigenvalue weighted by Gasteiger charge is -1.92. The van der Waals surface area contributed by atoms with Crippen LogP contribution in [0.3, 0.4) is 0 Å². The Morgan fingerprint density at radius 2 is 2.21 bits per heavy atom. The predicted octanol–water partition coefficient (Wildman–Crippen LogP) is 0.808. The minimum atomic E-state index is 0.00665. The van der Waals surface area contributed by atoms with Crippen molar-refractivity contribution in [2.24, 2.45) is 7.05 Å². The highest BCUT2D eigenvalue weighted by Crippen LogP contribution is 2.05. The summed E-state index contributed by atoms with van der Waals surface area (Å²) in [6, 6.07) is 0. The average molecular weight is 190 g/mol. The van der Waals surface area contributed by atoms with Crippen LogP contribution in [0.15, 0.2) is 24.9 Å². The number of imidazole rings is 1. The molecule has 0 bridgehead atoms. The van der Waals surface area contributed by atoms with Crippen molar-refractivity contribution in [3.63, 3.8) is 0 Å². The molecule has 0 atom stereocenters. The first-order valence-corrected chi connectivity index (χ1v) is 4.21. The van der Waals surface area contributed by atoms with Gasteiger partial charge in [-0.1, -0.05) is 0 Å². The third-order valence-electron chi connectivity index (χ3n) is 1.92. The fraction of sp³-hybridized carbons (Fsp3) is 0.222. The van der Waals surface area contributed by atoms with E-state index >= 15 is 0 Å². The minimum absolute atomic E-state index is 0.00665. The third kappa shape index (κ3) is 1.44. The van der Waals surface area contributed by atoms with E-state index in [2.05, 4.69) is 10.1 Å². The van der Waals surface area contributed by atoms with E-state index in [1.54, 1.807) is 17.2 Å². The molecule has 2 aromatic heterocycles. The van der Waals surface area contributed by atoms with Crippen LogP contribution in [0.1, 0.15) is 17.3 Å². The van der Waals surface area contributed by atoms with Gasteiger partial charge in [-0.2, -0.15) is 5.10 Å². The number of ketones is 1. The fourth-order valence-electron chi connectivity index (χ4n) is 1.15. The number of rotatable bonds is 2. The van der Waals surface area contributed by atoms with Gasteiger partial charge in [0.2, 0.25) is 0 Å². The highest BCUT2D eigenvalue weighted by Gasteiger charge is 2.05. The zero-order chi connectivity index (χ0) is 10.1. The van der Waals surface area contributed by atoms with Gasteiger partial charge in [0.1, 0.15) is 0 Å². The summed E-state index contributed by atoms with van der Waals surface area (Å²) in [7, 11) is 1.88. The van der Waals surface area contributed by atoms with E-state index in [1.165, 1.54) is 13.1 Å². The molecule has 0 aliphatic heterocycles. The number of carbonyl (C=O) groups is 1. The van der Waals surface area contributed by atoms with Crippen LogP contribution in [0.25, 0.3) is 5.82 Å². The molecular formula is C9H10N4O. The molecule has 0 N–H and O–H groups in total. The fourth-order valence-corrected chi connectivity index (χ4v) is 1.15. The van der Waals surface area contributed by atoms with Crippen LogP contribution in [0.5, 0.6) is 0 Å². The van der Waals surface area contributed by atoms with Gasteiger partial charge in [0.05, 0.1) is 18.1 Å².